The zero-order valence-electron chi connectivity index (χ0n) is 12.0. The molecule has 0 saturated carbocycles. The summed E-state index contributed by atoms with van der Waals surface area (Å²) in [5.74, 6) is 6.46. The molecule has 2 nitrogen and oxygen atoms in total. The van der Waals surface area contributed by atoms with E-state index in [2.05, 4.69) is 38.3 Å². The number of nitrogens with one attached hydrogen (secondary N) is 1. The highest BCUT2D eigenvalue weighted by atomic mass is 32.1. The largest absolute Gasteiger partial charge is 0.271 e. The molecule has 0 aromatic carbocycles. The molecule has 3 heteroatoms. The summed E-state index contributed by atoms with van der Waals surface area (Å²) in [4.78, 5) is 2.94. The standard InChI is InChI=1S/C15H28N2S/c1-4-7-8-12(5-2)15(17-16)11-14-10-9-13(6-3)18-14/h9-10,12,15,17H,4-8,11,16H2,1-3H3. The fourth-order valence-electron chi connectivity index (χ4n) is 2.46. The van der Waals surface area contributed by atoms with Crippen LogP contribution < -0.4 is 11.3 Å². The van der Waals surface area contributed by atoms with Crippen LogP contribution in [0.25, 0.3) is 0 Å². The number of unbranched alkanes of at least 4 members (excludes halogenated alkanes) is 1. The highest BCUT2D eigenvalue weighted by Gasteiger charge is 2.19. The van der Waals surface area contributed by atoms with Gasteiger partial charge < -0.3 is 0 Å². The normalized spacial score (nSPS) is 14.7. The molecule has 18 heavy (non-hydrogen) atoms. The Hall–Kier alpha value is -0.380. The van der Waals surface area contributed by atoms with Crippen molar-refractivity contribution in [3.8, 4) is 0 Å². The van der Waals surface area contributed by atoms with Crippen LogP contribution in [0, 0.1) is 5.92 Å². The smallest absolute Gasteiger partial charge is 0.0286 e. The molecule has 1 aromatic rings. The van der Waals surface area contributed by atoms with E-state index >= 15 is 0 Å². The van der Waals surface area contributed by atoms with Gasteiger partial charge in [0.25, 0.3) is 0 Å². The predicted molar refractivity (Wildman–Crippen MR) is 81.8 cm³/mol. The van der Waals surface area contributed by atoms with Crippen LogP contribution in [0.5, 0.6) is 0 Å². The minimum Gasteiger partial charge on any atom is -0.271 e. The van der Waals surface area contributed by atoms with E-state index in [0.717, 1.165) is 12.8 Å². The van der Waals surface area contributed by atoms with Crippen LogP contribution >= 0.6 is 11.3 Å². The second-order valence-electron chi connectivity index (χ2n) is 5.01. The predicted octanol–water partition coefficient (Wildman–Crippen LogP) is 3.90. The van der Waals surface area contributed by atoms with Gasteiger partial charge in [0, 0.05) is 15.8 Å². The molecule has 1 aromatic heterocycles. The number of thiophene rings is 1. The summed E-state index contributed by atoms with van der Waals surface area (Å²) >= 11 is 1.93. The Morgan fingerprint density at radius 3 is 2.44 bits per heavy atom. The summed E-state index contributed by atoms with van der Waals surface area (Å²) in [7, 11) is 0. The zero-order valence-corrected chi connectivity index (χ0v) is 12.9. The number of aryl methyl sites for hydroxylation is 1. The van der Waals surface area contributed by atoms with Crippen LogP contribution in [0.1, 0.15) is 56.2 Å². The number of hydrogen-bond donors (Lipinski definition) is 2. The van der Waals surface area contributed by atoms with Gasteiger partial charge in [-0.3, -0.25) is 11.3 Å². The third-order valence-electron chi connectivity index (χ3n) is 3.72. The van der Waals surface area contributed by atoms with E-state index in [0.29, 0.717) is 12.0 Å². The van der Waals surface area contributed by atoms with Crippen LogP contribution in [0.3, 0.4) is 0 Å². The van der Waals surface area contributed by atoms with Crippen LogP contribution in [0.4, 0.5) is 0 Å². The van der Waals surface area contributed by atoms with Crippen molar-refractivity contribution in [2.24, 2.45) is 11.8 Å². The Balaban J connectivity index is 2.58. The topological polar surface area (TPSA) is 38.0 Å². The highest BCUT2D eigenvalue weighted by Crippen LogP contribution is 2.24. The molecular formula is C15H28N2S. The first kappa shape index (κ1) is 15.7. The van der Waals surface area contributed by atoms with Crippen LogP contribution in [-0.4, -0.2) is 6.04 Å². The minimum absolute atomic E-state index is 0.421. The third kappa shape index (κ3) is 4.71. The Bertz CT molecular complexity index is 322. The molecule has 0 aliphatic rings. The van der Waals surface area contributed by atoms with E-state index < -0.39 is 0 Å². The maximum Gasteiger partial charge on any atom is 0.0286 e. The van der Waals surface area contributed by atoms with Gasteiger partial charge in [0.05, 0.1) is 0 Å². The fraction of sp³-hybridized carbons (Fsp3) is 0.733. The van der Waals surface area contributed by atoms with Gasteiger partial charge in [-0.15, -0.1) is 11.3 Å². The quantitative estimate of drug-likeness (QED) is 0.526. The van der Waals surface area contributed by atoms with E-state index in [-0.39, 0.29) is 0 Å². The molecule has 0 bridgehead atoms. The van der Waals surface area contributed by atoms with Gasteiger partial charge in [-0.2, -0.15) is 0 Å². The van der Waals surface area contributed by atoms with E-state index in [4.69, 9.17) is 5.84 Å². The molecule has 0 saturated heterocycles. The van der Waals surface area contributed by atoms with Crippen molar-refractivity contribution in [2.45, 2.75) is 65.3 Å². The average molecular weight is 268 g/mol. The third-order valence-corrected chi connectivity index (χ3v) is 4.97. The lowest BCUT2D eigenvalue weighted by Crippen LogP contribution is -2.42. The molecule has 0 amide bonds. The van der Waals surface area contributed by atoms with Crippen molar-refractivity contribution in [1.29, 1.82) is 0 Å². The first-order valence-electron chi connectivity index (χ1n) is 7.28. The Morgan fingerprint density at radius 1 is 1.22 bits per heavy atom. The van der Waals surface area contributed by atoms with E-state index in [1.165, 1.54) is 35.4 Å². The van der Waals surface area contributed by atoms with Gasteiger partial charge in [-0.25, -0.2) is 0 Å². The average Bonchev–Trinajstić information content (AvgIpc) is 2.85. The molecule has 0 radical (unpaired) electrons. The van der Waals surface area contributed by atoms with Crippen LogP contribution in [0.15, 0.2) is 12.1 Å². The zero-order chi connectivity index (χ0) is 13.4. The van der Waals surface area contributed by atoms with Gasteiger partial charge >= 0.3 is 0 Å². The first-order valence-corrected chi connectivity index (χ1v) is 8.10. The maximum atomic E-state index is 5.76. The lowest BCUT2D eigenvalue weighted by atomic mass is 9.89. The monoisotopic (exact) mass is 268 g/mol. The summed E-state index contributed by atoms with van der Waals surface area (Å²) in [6.07, 6.45) is 7.28. The SMILES string of the molecule is CCCCC(CC)C(Cc1ccc(CC)s1)NN. The maximum absolute atomic E-state index is 5.76. The second kappa shape index (κ2) is 8.68. The van der Waals surface area contributed by atoms with Gasteiger partial charge in [-0.1, -0.05) is 40.0 Å². The van der Waals surface area contributed by atoms with Crippen molar-refractivity contribution < 1.29 is 0 Å². The van der Waals surface area contributed by atoms with Gasteiger partial charge in [0.1, 0.15) is 0 Å². The van der Waals surface area contributed by atoms with Gasteiger partial charge in [0.15, 0.2) is 0 Å². The van der Waals surface area contributed by atoms with Crippen molar-refractivity contribution in [1.82, 2.24) is 5.43 Å². The van der Waals surface area contributed by atoms with Crippen molar-refractivity contribution >= 4 is 11.3 Å². The second-order valence-corrected chi connectivity index (χ2v) is 6.26. The minimum atomic E-state index is 0.421. The molecule has 0 aliphatic heterocycles. The number of rotatable bonds is 9. The summed E-state index contributed by atoms with van der Waals surface area (Å²) in [6, 6.07) is 4.94. The summed E-state index contributed by atoms with van der Waals surface area (Å²) < 4.78 is 0. The molecule has 2 atom stereocenters. The van der Waals surface area contributed by atoms with E-state index in [9.17, 15) is 0 Å². The molecular weight excluding hydrogens is 240 g/mol. The van der Waals surface area contributed by atoms with Crippen LogP contribution in [0.2, 0.25) is 0 Å². The summed E-state index contributed by atoms with van der Waals surface area (Å²) in [5, 5.41) is 0. The molecule has 1 heterocycles. The lowest BCUT2D eigenvalue weighted by molar-refractivity contribution is 0.319. The molecule has 0 spiro atoms. The Morgan fingerprint density at radius 2 is 1.94 bits per heavy atom. The number of hydrogen-bond acceptors (Lipinski definition) is 3. The highest BCUT2D eigenvalue weighted by molar-refractivity contribution is 7.11. The lowest BCUT2D eigenvalue weighted by Gasteiger charge is -2.25. The van der Waals surface area contributed by atoms with Crippen molar-refractivity contribution in [2.75, 3.05) is 0 Å². The summed E-state index contributed by atoms with van der Waals surface area (Å²) in [6.45, 7) is 6.74. The van der Waals surface area contributed by atoms with E-state index in [1.54, 1.807) is 0 Å². The van der Waals surface area contributed by atoms with Gasteiger partial charge in [0.2, 0.25) is 0 Å². The first-order chi connectivity index (χ1) is 8.74. The molecule has 3 N–H and O–H groups in total. The van der Waals surface area contributed by atoms with E-state index in [1.807, 2.05) is 11.3 Å². The molecule has 0 aliphatic carbocycles. The van der Waals surface area contributed by atoms with Crippen molar-refractivity contribution in [3.05, 3.63) is 21.9 Å². The molecule has 0 fully saturated rings. The Labute approximate surface area is 116 Å². The van der Waals surface area contributed by atoms with Gasteiger partial charge in [-0.05, 0) is 37.3 Å². The molecule has 2 unspecified atom stereocenters. The molecule has 104 valence electrons. The molecule has 1 rings (SSSR count). The number of nitrogens with two attached hydrogens (primary N) is 1. The Kier molecular flexibility index (Phi) is 7.56. The summed E-state index contributed by atoms with van der Waals surface area (Å²) in [5.41, 5.74) is 3.04. The number of hydrazine groups is 1. The van der Waals surface area contributed by atoms with Crippen molar-refractivity contribution in [3.63, 3.8) is 0 Å². The van der Waals surface area contributed by atoms with Crippen LogP contribution in [-0.2, 0) is 12.8 Å². The fourth-order valence-corrected chi connectivity index (χ4v) is 3.47.